The third-order valence-electron chi connectivity index (χ3n) is 6.22. The Morgan fingerprint density at radius 1 is 0.968 bits per heavy atom. The SMILES string of the molecule is CC(=O)N1C=Cc2ccccc2C1CC(=O)NCc1ccc(CN2CCCCC2)cc1. The Labute approximate surface area is 184 Å². The maximum absolute atomic E-state index is 12.7. The first-order valence-electron chi connectivity index (χ1n) is 11.2. The number of rotatable bonds is 6. The lowest BCUT2D eigenvalue weighted by Gasteiger charge is -2.32. The Bertz CT molecular complexity index is 945. The molecule has 5 nitrogen and oxygen atoms in total. The minimum atomic E-state index is -0.273. The van der Waals surface area contributed by atoms with Gasteiger partial charge in [0.2, 0.25) is 11.8 Å². The second-order valence-electron chi connectivity index (χ2n) is 8.52. The van der Waals surface area contributed by atoms with Gasteiger partial charge >= 0.3 is 0 Å². The van der Waals surface area contributed by atoms with E-state index < -0.39 is 0 Å². The molecule has 0 spiro atoms. The standard InChI is InChI=1S/C26H31N3O2/c1-20(30)29-16-13-23-7-3-4-8-24(23)25(29)17-26(31)27-18-21-9-11-22(12-10-21)19-28-14-5-2-6-15-28/h3-4,7-13,16,25H,2,5-6,14-15,17-19H2,1H3,(H,27,31). The van der Waals surface area contributed by atoms with Gasteiger partial charge in [-0.25, -0.2) is 0 Å². The Hall–Kier alpha value is -2.92. The van der Waals surface area contributed by atoms with Crippen molar-refractivity contribution in [1.29, 1.82) is 0 Å². The van der Waals surface area contributed by atoms with Crippen LogP contribution in [0.25, 0.3) is 6.08 Å². The summed E-state index contributed by atoms with van der Waals surface area (Å²) in [6.07, 6.45) is 7.90. The monoisotopic (exact) mass is 417 g/mol. The van der Waals surface area contributed by atoms with Crippen LogP contribution in [-0.2, 0) is 22.7 Å². The molecule has 1 atom stereocenters. The van der Waals surface area contributed by atoms with E-state index in [-0.39, 0.29) is 24.3 Å². The van der Waals surface area contributed by atoms with E-state index in [1.54, 1.807) is 11.1 Å². The number of hydrogen-bond acceptors (Lipinski definition) is 3. The molecule has 2 aromatic carbocycles. The number of amides is 2. The van der Waals surface area contributed by atoms with Crippen molar-refractivity contribution in [2.75, 3.05) is 13.1 Å². The average Bonchev–Trinajstić information content (AvgIpc) is 2.79. The summed E-state index contributed by atoms with van der Waals surface area (Å²) < 4.78 is 0. The molecule has 0 aromatic heterocycles. The predicted molar refractivity (Wildman–Crippen MR) is 123 cm³/mol. The smallest absolute Gasteiger partial charge is 0.223 e. The van der Waals surface area contributed by atoms with Crippen molar-refractivity contribution >= 4 is 17.9 Å². The predicted octanol–water partition coefficient (Wildman–Crippen LogP) is 4.25. The Morgan fingerprint density at radius 2 is 1.68 bits per heavy atom. The molecular formula is C26H31N3O2. The van der Waals surface area contributed by atoms with Crippen LogP contribution < -0.4 is 5.32 Å². The van der Waals surface area contributed by atoms with Gasteiger partial charge in [0.15, 0.2) is 0 Å². The van der Waals surface area contributed by atoms with Crippen LogP contribution >= 0.6 is 0 Å². The summed E-state index contributed by atoms with van der Waals surface area (Å²) in [7, 11) is 0. The number of fused-ring (bicyclic) bond motifs is 1. The van der Waals surface area contributed by atoms with E-state index in [0.717, 1.165) is 23.2 Å². The summed E-state index contributed by atoms with van der Waals surface area (Å²) >= 11 is 0. The molecule has 0 aliphatic carbocycles. The highest BCUT2D eigenvalue weighted by Crippen LogP contribution is 2.32. The number of nitrogens with zero attached hydrogens (tertiary/aromatic N) is 2. The van der Waals surface area contributed by atoms with Gasteiger partial charge in [-0.05, 0) is 54.3 Å². The zero-order valence-electron chi connectivity index (χ0n) is 18.2. The Balaban J connectivity index is 1.33. The molecule has 2 aliphatic rings. The summed E-state index contributed by atoms with van der Waals surface area (Å²) in [5.41, 5.74) is 4.47. The van der Waals surface area contributed by atoms with Gasteiger partial charge in [0.05, 0.1) is 12.5 Å². The minimum Gasteiger partial charge on any atom is -0.352 e. The molecule has 162 valence electrons. The topological polar surface area (TPSA) is 52.7 Å². The second kappa shape index (κ2) is 9.92. The zero-order valence-corrected chi connectivity index (χ0v) is 18.2. The fraction of sp³-hybridized carbons (Fsp3) is 0.385. The molecule has 31 heavy (non-hydrogen) atoms. The summed E-state index contributed by atoms with van der Waals surface area (Å²) in [6, 6.07) is 16.2. The molecule has 2 amide bonds. The van der Waals surface area contributed by atoms with E-state index in [0.29, 0.717) is 6.54 Å². The largest absolute Gasteiger partial charge is 0.352 e. The summed E-state index contributed by atoms with van der Waals surface area (Å²) in [5.74, 6) is -0.119. The molecule has 1 unspecified atom stereocenters. The minimum absolute atomic E-state index is 0.0567. The molecule has 2 heterocycles. The van der Waals surface area contributed by atoms with Crippen LogP contribution in [0.5, 0.6) is 0 Å². The highest BCUT2D eigenvalue weighted by Gasteiger charge is 2.28. The molecule has 5 heteroatoms. The first kappa shape index (κ1) is 21.3. The molecule has 2 aromatic rings. The van der Waals surface area contributed by atoms with Crippen LogP contribution in [0.1, 0.15) is 60.9 Å². The van der Waals surface area contributed by atoms with Crippen LogP contribution in [0.4, 0.5) is 0 Å². The second-order valence-corrected chi connectivity index (χ2v) is 8.52. The lowest BCUT2D eigenvalue weighted by atomic mass is 9.93. The Kier molecular flexibility index (Phi) is 6.82. The normalized spacial score (nSPS) is 18.5. The molecule has 4 rings (SSSR count). The summed E-state index contributed by atoms with van der Waals surface area (Å²) in [5, 5.41) is 3.03. The van der Waals surface area contributed by atoms with Gasteiger partial charge < -0.3 is 10.2 Å². The highest BCUT2D eigenvalue weighted by molar-refractivity contribution is 5.81. The number of likely N-dealkylation sites (tertiary alicyclic amines) is 1. The number of benzene rings is 2. The number of carbonyl (C=O) groups excluding carboxylic acids is 2. The van der Waals surface area contributed by atoms with Crippen molar-refractivity contribution in [2.45, 2.75) is 51.7 Å². The third kappa shape index (κ3) is 5.42. The highest BCUT2D eigenvalue weighted by atomic mass is 16.2. The quantitative estimate of drug-likeness (QED) is 0.764. The molecule has 1 saturated heterocycles. The van der Waals surface area contributed by atoms with E-state index in [1.165, 1.54) is 44.8 Å². The molecule has 2 aliphatic heterocycles. The van der Waals surface area contributed by atoms with Gasteiger partial charge in [-0.1, -0.05) is 55.0 Å². The fourth-order valence-corrected chi connectivity index (χ4v) is 4.50. The summed E-state index contributed by atoms with van der Waals surface area (Å²) in [6.45, 7) is 5.41. The molecule has 1 N–H and O–H groups in total. The van der Waals surface area contributed by atoms with Crippen LogP contribution in [0.3, 0.4) is 0 Å². The van der Waals surface area contributed by atoms with Crippen molar-refractivity contribution in [3.05, 3.63) is 77.0 Å². The van der Waals surface area contributed by atoms with Gasteiger partial charge in [-0.3, -0.25) is 14.5 Å². The number of hydrogen-bond donors (Lipinski definition) is 1. The number of carbonyl (C=O) groups is 2. The number of piperidine rings is 1. The van der Waals surface area contributed by atoms with Crippen LogP contribution in [0, 0.1) is 0 Å². The van der Waals surface area contributed by atoms with E-state index in [9.17, 15) is 9.59 Å². The lowest BCUT2D eigenvalue weighted by molar-refractivity contribution is -0.130. The van der Waals surface area contributed by atoms with E-state index in [2.05, 4.69) is 34.5 Å². The molecule has 0 radical (unpaired) electrons. The van der Waals surface area contributed by atoms with Crippen LogP contribution in [-0.4, -0.2) is 34.7 Å². The maximum Gasteiger partial charge on any atom is 0.223 e. The molecule has 1 fully saturated rings. The first-order chi connectivity index (χ1) is 15.1. The third-order valence-corrected chi connectivity index (χ3v) is 6.22. The molecule has 0 saturated carbocycles. The first-order valence-corrected chi connectivity index (χ1v) is 11.2. The van der Waals surface area contributed by atoms with Gasteiger partial charge in [0, 0.05) is 26.2 Å². The van der Waals surface area contributed by atoms with Crippen molar-refractivity contribution in [2.24, 2.45) is 0 Å². The van der Waals surface area contributed by atoms with Gasteiger partial charge in [0.1, 0.15) is 0 Å². The van der Waals surface area contributed by atoms with E-state index in [1.807, 2.05) is 30.3 Å². The molecular weight excluding hydrogens is 386 g/mol. The van der Waals surface area contributed by atoms with Crippen LogP contribution in [0.2, 0.25) is 0 Å². The van der Waals surface area contributed by atoms with E-state index in [4.69, 9.17) is 0 Å². The zero-order chi connectivity index (χ0) is 21.6. The van der Waals surface area contributed by atoms with Crippen molar-refractivity contribution in [3.8, 4) is 0 Å². The Morgan fingerprint density at radius 3 is 2.42 bits per heavy atom. The van der Waals surface area contributed by atoms with Gasteiger partial charge in [-0.2, -0.15) is 0 Å². The maximum atomic E-state index is 12.7. The van der Waals surface area contributed by atoms with Crippen molar-refractivity contribution in [1.82, 2.24) is 15.1 Å². The molecule has 0 bridgehead atoms. The van der Waals surface area contributed by atoms with Gasteiger partial charge in [-0.15, -0.1) is 0 Å². The lowest BCUT2D eigenvalue weighted by Crippen LogP contribution is -2.35. The fourth-order valence-electron chi connectivity index (χ4n) is 4.50. The average molecular weight is 418 g/mol. The van der Waals surface area contributed by atoms with Crippen molar-refractivity contribution in [3.63, 3.8) is 0 Å². The van der Waals surface area contributed by atoms with E-state index >= 15 is 0 Å². The summed E-state index contributed by atoms with van der Waals surface area (Å²) in [4.78, 5) is 29.0. The van der Waals surface area contributed by atoms with Crippen LogP contribution in [0.15, 0.2) is 54.7 Å². The van der Waals surface area contributed by atoms with Gasteiger partial charge in [0.25, 0.3) is 0 Å². The van der Waals surface area contributed by atoms with Crippen molar-refractivity contribution < 1.29 is 9.59 Å². The number of nitrogens with one attached hydrogen (secondary N) is 1.